The lowest BCUT2D eigenvalue weighted by atomic mass is 10.2. The third-order valence-corrected chi connectivity index (χ3v) is 3.15. The second-order valence-corrected chi connectivity index (χ2v) is 4.36. The SMILES string of the molecule is COC(=O)c1ccc(Cl)c(N2CCC(O)C2=O)c1. The van der Waals surface area contributed by atoms with E-state index < -0.39 is 18.0 Å². The number of rotatable bonds is 2. The third kappa shape index (κ3) is 2.19. The molecule has 1 amide bonds. The molecule has 1 N–H and O–H groups in total. The van der Waals surface area contributed by atoms with E-state index in [0.717, 1.165) is 0 Å². The van der Waals surface area contributed by atoms with Crippen molar-refractivity contribution in [2.45, 2.75) is 12.5 Å². The number of carbonyl (C=O) groups excluding carboxylic acids is 2. The number of methoxy groups -OCH3 is 1. The Hall–Kier alpha value is -1.59. The number of aliphatic hydroxyl groups excluding tert-OH is 1. The predicted molar refractivity (Wildman–Crippen MR) is 65.8 cm³/mol. The van der Waals surface area contributed by atoms with Gasteiger partial charge in [0, 0.05) is 13.0 Å². The van der Waals surface area contributed by atoms with Gasteiger partial charge in [-0.25, -0.2) is 4.79 Å². The smallest absolute Gasteiger partial charge is 0.337 e. The molecular weight excluding hydrogens is 258 g/mol. The topological polar surface area (TPSA) is 66.8 Å². The third-order valence-electron chi connectivity index (χ3n) is 2.84. The fourth-order valence-corrected chi connectivity index (χ4v) is 2.09. The number of anilines is 1. The minimum atomic E-state index is -0.997. The van der Waals surface area contributed by atoms with Gasteiger partial charge >= 0.3 is 5.97 Å². The second kappa shape index (κ2) is 4.96. The van der Waals surface area contributed by atoms with Crippen LogP contribution in [0.4, 0.5) is 5.69 Å². The Kier molecular flexibility index (Phi) is 3.54. The molecule has 5 nitrogen and oxygen atoms in total. The lowest BCUT2D eigenvalue weighted by Gasteiger charge is -2.18. The number of halogens is 1. The number of ether oxygens (including phenoxy) is 1. The maximum atomic E-state index is 11.7. The fraction of sp³-hybridized carbons (Fsp3) is 0.333. The van der Waals surface area contributed by atoms with Crippen LogP contribution in [0.5, 0.6) is 0 Å². The minimum absolute atomic E-state index is 0.311. The van der Waals surface area contributed by atoms with Crippen molar-refractivity contribution < 1.29 is 19.4 Å². The van der Waals surface area contributed by atoms with Crippen LogP contribution in [0.1, 0.15) is 16.8 Å². The zero-order valence-corrected chi connectivity index (χ0v) is 10.5. The van der Waals surface area contributed by atoms with Gasteiger partial charge in [0.05, 0.1) is 23.4 Å². The van der Waals surface area contributed by atoms with Gasteiger partial charge in [-0.1, -0.05) is 11.6 Å². The zero-order valence-electron chi connectivity index (χ0n) is 9.72. The Morgan fingerprint density at radius 3 is 2.83 bits per heavy atom. The number of esters is 1. The van der Waals surface area contributed by atoms with Crippen molar-refractivity contribution in [2.75, 3.05) is 18.6 Å². The Morgan fingerprint density at radius 2 is 2.28 bits per heavy atom. The Morgan fingerprint density at radius 1 is 1.56 bits per heavy atom. The molecule has 1 heterocycles. The second-order valence-electron chi connectivity index (χ2n) is 3.95. The molecule has 1 aromatic rings. The largest absolute Gasteiger partial charge is 0.465 e. The maximum Gasteiger partial charge on any atom is 0.337 e. The van der Waals surface area contributed by atoms with Crippen LogP contribution in [-0.4, -0.2) is 36.7 Å². The first-order valence-electron chi connectivity index (χ1n) is 5.42. The van der Waals surface area contributed by atoms with Crippen molar-refractivity contribution in [2.24, 2.45) is 0 Å². The number of amides is 1. The van der Waals surface area contributed by atoms with E-state index in [4.69, 9.17) is 11.6 Å². The van der Waals surface area contributed by atoms with Crippen LogP contribution in [0.2, 0.25) is 5.02 Å². The Balaban J connectivity index is 2.38. The molecule has 1 aliphatic rings. The van der Waals surface area contributed by atoms with E-state index >= 15 is 0 Å². The highest BCUT2D eigenvalue weighted by Crippen LogP contribution is 2.30. The van der Waals surface area contributed by atoms with Crippen LogP contribution in [0.25, 0.3) is 0 Å². The first-order valence-corrected chi connectivity index (χ1v) is 5.79. The Bertz CT molecular complexity index is 503. The van der Waals surface area contributed by atoms with E-state index in [1.54, 1.807) is 0 Å². The van der Waals surface area contributed by atoms with Gasteiger partial charge in [-0.2, -0.15) is 0 Å². The van der Waals surface area contributed by atoms with Crippen molar-refractivity contribution in [3.8, 4) is 0 Å². The molecule has 96 valence electrons. The summed E-state index contributed by atoms with van der Waals surface area (Å²) in [4.78, 5) is 24.5. The van der Waals surface area contributed by atoms with Crippen LogP contribution in [0.3, 0.4) is 0 Å². The highest BCUT2D eigenvalue weighted by atomic mass is 35.5. The quantitative estimate of drug-likeness (QED) is 0.820. The number of carbonyl (C=O) groups is 2. The maximum absolute atomic E-state index is 11.7. The molecule has 1 unspecified atom stereocenters. The summed E-state index contributed by atoms with van der Waals surface area (Å²) in [6.45, 7) is 0.379. The van der Waals surface area contributed by atoms with E-state index in [-0.39, 0.29) is 0 Å². The summed E-state index contributed by atoms with van der Waals surface area (Å²) in [7, 11) is 1.28. The summed E-state index contributed by atoms with van der Waals surface area (Å²) in [5.74, 6) is -0.904. The Labute approximate surface area is 109 Å². The summed E-state index contributed by atoms with van der Waals surface area (Å²) in [6, 6.07) is 4.54. The molecule has 1 aromatic carbocycles. The van der Waals surface area contributed by atoms with Gasteiger partial charge in [0.1, 0.15) is 6.10 Å². The summed E-state index contributed by atoms with van der Waals surface area (Å²) >= 11 is 6.01. The normalized spacial score (nSPS) is 19.2. The standard InChI is InChI=1S/C12H12ClNO4/c1-18-12(17)7-2-3-8(13)9(6-7)14-5-4-10(15)11(14)16/h2-3,6,10,15H,4-5H2,1H3. The van der Waals surface area contributed by atoms with E-state index in [0.29, 0.717) is 29.2 Å². The van der Waals surface area contributed by atoms with Gasteiger partial charge in [-0.15, -0.1) is 0 Å². The van der Waals surface area contributed by atoms with Crippen molar-refractivity contribution >= 4 is 29.2 Å². The van der Waals surface area contributed by atoms with E-state index in [9.17, 15) is 14.7 Å². The summed E-state index contributed by atoms with van der Waals surface area (Å²) in [5, 5.41) is 9.77. The fourth-order valence-electron chi connectivity index (χ4n) is 1.87. The highest BCUT2D eigenvalue weighted by molar-refractivity contribution is 6.34. The first kappa shape index (κ1) is 12.9. The summed E-state index contributed by atoms with van der Waals surface area (Å²) in [5.41, 5.74) is 0.729. The molecule has 1 saturated heterocycles. The molecule has 18 heavy (non-hydrogen) atoms. The molecule has 1 aliphatic heterocycles. The molecule has 2 rings (SSSR count). The molecule has 0 aromatic heterocycles. The monoisotopic (exact) mass is 269 g/mol. The molecule has 0 spiro atoms. The molecule has 0 saturated carbocycles. The summed E-state index contributed by atoms with van der Waals surface area (Å²) in [6.07, 6.45) is -0.639. The number of hydrogen-bond donors (Lipinski definition) is 1. The molecule has 0 bridgehead atoms. The van der Waals surface area contributed by atoms with Crippen molar-refractivity contribution in [1.82, 2.24) is 0 Å². The first-order chi connectivity index (χ1) is 8.54. The lowest BCUT2D eigenvalue weighted by molar-refractivity contribution is -0.124. The predicted octanol–water partition coefficient (Wildman–Crippen LogP) is 1.22. The van der Waals surface area contributed by atoms with Crippen LogP contribution in [0, 0.1) is 0 Å². The van der Waals surface area contributed by atoms with Gasteiger partial charge in [0.15, 0.2) is 0 Å². The van der Waals surface area contributed by atoms with Gasteiger partial charge in [0.25, 0.3) is 5.91 Å². The average Bonchev–Trinajstić information content (AvgIpc) is 2.70. The molecular formula is C12H12ClNO4. The van der Waals surface area contributed by atoms with Gasteiger partial charge < -0.3 is 14.7 Å². The minimum Gasteiger partial charge on any atom is -0.465 e. The van der Waals surface area contributed by atoms with Crippen molar-refractivity contribution in [3.63, 3.8) is 0 Å². The van der Waals surface area contributed by atoms with E-state index in [1.165, 1.54) is 30.2 Å². The number of hydrogen-bond acceptors (Lipinski definition) is 4. The van der Waals surface area contributed by atoms with Gasteiger partial charge in [0.2, 0.25) is 0 Å². The van der Waals surface area contributed by atoms with Gasteiger partial charge in [-0.3, -0.25) is 4.79 Å². The molecule has 1 fully saturated rings. The summed E-state index contributed by atoms with van der Waals surface area (Å²) < 4.78 is 4.61. The average molecular weight is 270 g/mol. The van der Waals surface area contributed by atoms with Gasteiger partial charge in [-0.05, 0) is 18.2 Å². The molecule has 1 atom stereocenters. The molecule has 0 radical (unpaired) electrons. The number of nitrogens with zero attached hydrogens (tertiary/aromatic N) is 1. The van der Waals surface area contributed by atoms with Crippen molar-refractivity contribution in [3.05, 3.63) is 28.8 Å². The highest BCUT2D eigenvalue weighted by Gasteiger charge is 2.32. The zero-order chi connectivity index (χ0) is 13.3. The van der Waals surface area contributed by atoms with Crippen molar-refractivity contribution in [1.29, 1.82) is 0 Å². The van der Waals surface area contributed by atoms with Crippen LogP contribution < -0.4 is 4.90 Å². The van der Waals surface area contributed by atoms with Crippen LogP contribution in [0.15, 0.2) is 18.2 Å². The molecule has 0 aliphatic carbocycles. The number of aliphatic hydroxyl groups is 1. The van der Waals surface area contributed by atoms with Crippen LogP contribution in [-0.2, 0) is 9.53 Å². The van der Waals surface area contributed by atoms with E-state index in [2.05, 4.69) is 4.74 Å². The number of benzene rings is 1. The molecule has 6 heteroatoms. The van der Waals surface area contributed by atoms with Crippen LogP contribution >= 0.6 is 11.6 Å². The van der Waals surface area contributed by atoms with E-state index in [1.807, 2.05) is 0 Å². The lowest BCUT2D eigenvalue weighted by Crippen LogP contribution is -2.29.